The van der Waals surface area contributed by atoms with E-state index in [1.54, 1.807) is 11.3 Å². The Kier molecular flexibility index (Phi) is 5.37. The highest BCUT2D eigenvalue weighted by Gasteiger charge is 2.04. The normalized spacial score (nSPS) is 10.4. The van der Waals surface area contributed by atoms with Crippen molar-refractivity contribution in [1.29, 1.82) is 0 Å². The molecule has 0 amide bonds. The van der Waals surface area contributed by atoms with E-state index in [0.717, 1.165) is 18.7 Å². The van der Waals surface area contributed by atoms with Gasteiger partial charge in [0, 0.05) is 28.9 Å². The fourth-order valence-corrected chi connectivity index (χ4v) is 2.90. The maximum absolute atomic E-state index is 5.38. The zero-order valence-electron chi connectivity index (χ0n) is 12.0. The van der Waals surface area contributed by atoms with Gasteiger partial charge in [-0.25, -0.2) is 0 Å². The highest BCUT2D eigenvalue weighted by molar-refractivity contribution is 7.10. The summed E-state index contributed by atoms with van der Waals surface area (Å²) in [5, 5.41) is 2.09. The Hall–Kier alpha value is -1.60. The van der Waals surface area contributed by atoms with Gasteiger partial charge in [0.25, 0.3) is 0 Å². The highest BCUT2D eigenvalue weighted by atomic mass is 32.1. The van der Waals surface area contributed by atoms with E-state index in [1.165, 1.54) is 16.0 Å². The number of thiophene rings is 1. The van der Waals surface area contributed by atoms with Crippen LogP contribution in [0.15, 0.2) is 35.7 Å². The first-order chi connectivity index (χ1) is 9.67. The van der Waals surface area contributed by atoms with E-state index in [4.69, 9.17) is 5.73 Å². The lowest BCUT2D eigenvalue weighted by atomic mass is 10.1. The van der Waals surface area contributed by atoms with Gasteiger partial charge in [-0.15, -0.1) is 11.3 Å². The van der Waals surface area contributed by atoms with Gasteiger partial charge in [0.05, 0.1) is 6.54 Å². The lowest BCUT2D eigenvalue weighted by Gasteiger charge is -2.15. The quantitative estimate of drug-likeness (QED) is 0.875. The fourth-order valence-electron chi connectivity index (χ4n) is 2.01. The zero-order valence-corrected chi connectivity index (χ0v) is 12.8. The topological polar surface area (TPSA) is 29.3 Å². The van der Waals surface area contributed by atoms with E-state index < -0.39 is 0 Å². The molecule has 2 aromatic rings. The van der Waals surface area contributed by atoms with Crippen LogP contribution in [0.25, 0.3) is 0 Å². The van der Waals surface area contributed by atoms with Crippen molar-refractivity contribution in [3.63, 3.8) is 0 Å². The van der Waals surface area contributed by atoms with Gasteiger partial charge < -0.3 is 5.73 Å². The van der Waals surface area contributed by atoms with Crippen LogP contribution in [-0.2, 0) is 13.1 Å². The summed E-state index contributed by atoms with van der Waals surface area (Å²) in [5.74, 6) is 5.96. The SMILES string of the molecule is Cc1ccc(CN(C)Cc2cc(C#CCN)cs2)cc1. The molecule has 0 saturated carbocycles. The minimum Gasteiger partial charge on any atom is -0.320 e. The molecule has 0 spiro atoms. The smallest absolute Gasteiger partial charge is 0.0555 e. The second-order valence-corrected chi connectivity index (χ2v) is 5.96. The number of nitrogens with zero attached hydrogens (tertiary/aromatic N) is 1. The van der Waals surface area contributed by atoms with Gasteiger partial charge in [0.2, 0.25) is 0 Å². The monoisotopic (exact) mass is 284 g/mol. The number of aryl methyl sites for hydroxylation is 1. The van der Waals surface area contributed by atoms with Gasteiger partial charge in [-0.05, 0) is 25.6 Å². The summed E-state index contributed by atoms with van der Waals surface area (Å²) in [4.78, 5) is 3.65. The van der Waals surface area contributed by atoms with Gasteiger partial charge in [-0.1, -0.05) is 41.7 Å². The van der Waals surface area contributed by atoms with E-state index in [2.05, 4.69) is 66.4 Å². The van der Waals surface area contributed by atoms with Crippen LogP contribution >= 0.6 is 11.3 Å². The highest BCUT2D eigenvalue weighted by Crippen LogP contribution is 2.17. The van der Waals surface area contributed by atoms with E-state index in [-0.39, 0.29) is 0 Å². The van der Waals surface area contributed by atoms with Crippen molar-refractivity contribution >= 4 is 11.3 Å². The summed E-state index contributed by atoms with van der Waals surface area (Å²) in [6, 6.07) is 10.9. The summed E-state index contributed by atoms with van der Waals surface area (Å²) in [7, 11) is 2.14. The van der Waals surface area contributed by atoms with Gasteiger partial charge in [-0.3, -0.25) is 4.90 Å². The van der Waals surface area contributed by atoms with Gasteiger partial charge in [0.15, 0.2) is 0 Å². The van der Waals surface area contributed by atoms with Crippen molar-refractivity contribution in [2.45, 2.75) is 20.0 Å². The third-order valence-electron chi connectivity index (χ3n) is 2.99. The molecule has 0 aliphatic carbocycles. The molecular formula is C17H20N2S. The van der Waals surface area contributed by atoms with Gasteiger partial charge >= 0.3 is 0 Å². The summed E-state index contributed by atoms with van der Waals surface area (Å²) in [6.45, 7) is 4.44. The molecule has 0 fully saturated rings. The minimum atomic E-state index is 0.415. The summed E-state index contributed by atoms with van der Waals surface area (Å²) < 4.78 is 0. The molecule has 0 aliphatic rings. The second-order valence-electron chi connectivity index (χ2n) is 4.97. The molecule has 1 heterocycles. The Morgan fingerprint density at radius 3 is 2.65 bits per heavy atom. The number of hydrogen-bond acceptors (Lipinski definition) is 3. The van der Waals surface area contributed by atoms with Crippen LogP contribution in [0, 0.1) is 18.8 Å². The van der Waals surface area contributed by atoms with Crippen molar-refractivity contribution < 1.29 is 0 Å². The summed E-state index contributed by atoms with van der Waals surface area (Å²) in [6.07, 6.45) is 0. The maximum Gasteiger partial charge on any atom is 0.0555 e. The molecule has 0 atom stereocenters. The van der Waals surface area contributed by atoms with E-state index in [1.807, 2.05) is 0 Å². The van der Waals surface area contributed by atoms with Crippen LogP contribution in [-0.4, -0.2) is 18.5 Å². The number of hydrogen-bond donors (Lipinski definition) is 1. The predicted molar refractivity (Wildman–Crippen MR) is 86.6 cm³/mol. The zero-order chi connectivity index (χ0) is 14.4. The van der Waals surface area contributed by atoms with Crippen LogP contribution < -0.4 is 5.73 Å². The molecule has 2 N–H and O–H groups in total. The van der Waals surface area contributed by atoms with Crippen molar-refractivity contribution in [3.05, 3.63) is 57.3 Å². The van der Waals surface area contributed by atoms with Crippen LogP contribution in [0.5, 0.6) is 0 Å². The first kappa shape index (κ1) is 14.8. The standard InChI is InChI=1S/C17H20N2S/c1-14-5-7-15(8-6-14)11-19(2)12-17-10-16(13-20-17)4-3-9-18/h5-8,10,13H,9,11-12,18H2,1-2H3. The van der Waals surface area contributed by atoms with Crippen LogP contribution in [0.1, 0.15) is 21.6 Å². The van der Waals surface area contributed by atoms with E-state index in [9.17, 15) is 0 Å². The van der Waals surface area contributed by atoms with Gasteiger partial charge in [0.1, 0.15) is 0 Å². The maximum atomic E-state index is 5.38. The lowest BCUT2D eigenvalue weighted by molar-refractivity contribution is 0.322. The number of nitrogens with two attached hydrogens (primary N) is 1. The molecule has 0 unspecified atom stereocenters. The van der Waals surface area contributed by atoms with Gasteiger partial charge in [-0.2, -0.15) is 0 Å². The molecule has 1 aromatic carbocycles. The van der Waals surface area contributed by atoms with Crippen LogP contribution in [0.3, 0.4) is 0 Å². The van der Waals surface area contributed by atoms with Crippen LogP contribution in [0.4, 0.5) is 0 Å². The largest absolute Gasteiger partial charge is 0.320 e. The molecule has 0 radical (unpaired) electrons. The second kappa shape index (κ2) is 7.25. The molecule has 0 saturated heterocycles. The lowest BCUT2D eigenvalue weighted by Crippen LogP contribution is -2.16. The molecule has 2 nitrogen and oxygen atoms in total. The first-order valence-corrected chi connectivity index (χ1v) is 7.56. The third-order valence-corrected chi connectivity index (χ3v) is 3.91. The third kappa shape index (κ3) is 4.50. The van der Waals surface area contributed by atoms with E-state index in [0.29, 0.717) is 6.54 Å². The fraction of sp³-hybridized carbons (Fsp3) is 0.294. The van der Waals surface area contributed by atoms with Crippen molar-refractivity contribution in [1.82, 2.24) is 4.90 Å². The Morgan fingerprint density at radius 1 is 1.20 bits per heavy atom. The van der Waals surface area contributed by atoms with Crippen molar-refractivity contribution in [2.24, 2.45) is 5.73 Å². The molecule has 1 aromatic heterocycles. The average Bonchev–Trinajstić information content (AvgIpc) is 2.86. The Labute approximate surface area is 125 Å². The summed E-state index contributed by atoms with van der Waals surface area (Å²) >= 11 is 1.76. The predicted octanol–water partition coefficient (Wildman–Crippen LogP) is 3.00. The average molecular weight is 284 g/mol. The molecular weight excluding hydrogens is 264 g/mol. The Bertz CT molecular complexity index is 602. The Morgan fingerprint density at radius 2 is 1.95 bits per heavy atom. The van der Waals surface area contributed by atoms with Crippen molar-refractivity contribution in [2.75, 3.05) is 13.6 Å². The number of benzene rings is 1. The molecule has 0 aliphatic heterocycles. The first-order valence-electron chi connectivity index (χ1n) is 6.68. The summed E-state index contributed by atoms with van der Waals surface area (Å²) in [5.41, 5.74) is 9.10. The Balaban J connectivity index is 1.92. The molecule has 20 heavy (non-hydrogen) atoms. The minimum absolute atomic E-state index is 0.415. The van der Waals surface area contributed by atoms with Crippen LogP contribution in [0.2, 0.25) is 0 Å². The molecule has 3 heteroatoms. The molecule has 104 valence electrons. The van der Waals surface area contributed by atoms with E-state index >= 15 is 0 Å². The molecule has 2 rings (SSSR count). The molecule has 0 bridgehead atoms. The van der Waals surface area contributed by atoms with Crippen molar-refractivity contribution in [3.8, 4) is 11.8 Å². The number of rotatable bonds is 4.